The first-order chi connectivity index (χ1) is 27.5. The van der Waals surface area contributed by atoms with E-state index in [4.69, 9.17) is 5.73 Å². The highest BCUT2D eigenvalue weighted by Gasteiger charge is 2.17. The average Bonchev–Trinajstić information content (AvgIpc) is 4.06. The number of nitrogens with two attached hydrogens (primary N) is 1. The molecule has 2 aromatic carbocycles. The van der Waals surface area contributed by atoms with Gasteiger partial charge < -0.3 is 5.73 Å². The average molecular weight is 756 g/mol. The standard InChI is InChI=1S/C21H17N7.C21H20N6S/c1-26-21(20-8-2-3-9-23-20)25-28(26)19-13-17(14-22-15-19)16-6-4-7-18(12-16)27-11-5-10-24-27;1-14(2)18(17-7-5-6-15-9-11-28-20(15)17)12-16(13-22)27-25-21(24-26-27)19-8-3-4-10-23-19/h2-15H,1H3;3-14H,22H2,1-2H3/b;16-13+,18-12+. The Morgan fingerprint density at radius 1 is 0.786 bits per heavy atom. The van der Waals surface area contributed by atoms with E-state index in [-0.39, 0.29) is 0 Å². The van der Waals surface area contributed by atoms with Crippen molar-refractivity contribution in [3.05, 3.63) is 157 Å². The van der Waals surface area contributed by atoms with Gasteiger partial charge in [0, 0.05) is 54.5 Å². The molecule has 0 aliphatic heterocycles. The molecule has 7 aromatic heterocycles. The van der Waals surface area contributed by atoms with Gasteiger partial charge >= 0.3 is 0 Å². The molecule has 56 heavy (non-hydrogen) atoms. The lowest BCUT2D eigenvalue weighted by atomic mass is 9.93. The number of allylic oxidation sites excluding steroid dienone is 3. The van der Waals surface area contributed by atoms with E-state index in [1.165, 1.54) is 32.2 Å². The van der Waals surface area contributed by atoms with E-state index in [1.54, 1.807) is 36.1 Å². The van der Waals surface area contributed by atoms with Gasteiger partial charge in [-0.15, -0.1) is 31.4 Å². The normalized spacial score (nSPS) is 11.9. The molecule has 276 valence electrons. The molecule has 9 rings (SSSR count). The second-order valence-corrected chi connectivity index (χ2v) is 13.9. The summed E-state index contributed by atoms with van der Waals surface area (Å²) in [5.41, 5.74) is 14.4. The van der Waals surface area contributed by atoms with Crippen LogP contribution in [0.3, 0.4) is 0 Å². The zero-order chi connectivity index (χ0) is 38.4. The second-order valence-electron chi connectivity index (χ2n) is 13.0. The van der Waals surface area contributed by atoms with Gasteiger partial charge in [0.1, 0.15) is 22.8 Å². The van der Waals surface area contributed by atoms with E-state index >= 15 is 0 Å². The van der Waals surface area contributed by atoms with Crippen molar-refractivity contribution in [1.82, 2.24) is 59.5 Å². The molecular formula is C42H37N13S. The number of tetrazole rings is 1. The lowest BCUT2D eigenvalue weighted by molar-refractivity contribution is 0.487. The maximum atomic E-state index is 5.92. The summed E-state index contributed by atoms with van der Waals surface area (Å²) in [5, 5.41) is 25.0. The monoisotopic (exact) mass is 755 g/mol. The summed E-state index contributed by atoms with van der Waals surface area (Å²) in [6.45, 7) is 4.33. The smallest absolute Gasteiger partial charge is 0.223 e. The Bertz CT molecular complexity index is 2750. The third-order valence-electron chi connectivity index (χ3n) is 9.00. The van der Waals surface area contributed by atoms with Crippen molar-refractivity contribution in [1.29, 1.82) is 0 Å². The number of pyridine rings is 3. The zero-order valence-corrected chi connectivity index (χ0v) is 31.7. The van der Waals surface area contributed by atoms with Crippen molar-refractivity contribution < 1.29 is 0 Å². The molecule has 0 aliphatic carbocycles. The van der Waals surface area contributed by atoms with Crippen LogP contribution in [-0.4, -0.2) is 59.5 Å². The Kier molecular flexibility index (Phi) is 10.2. The van der Waals surface area contributed by atoms with E-state index in [1.807, 2.05) is 94.3 Å². The Morgan fingerprint density at radius 2 is 1.59 bits per heavy atom. The first kappa shape index (κ1) is 35.7. The van der Waals surface area contributed by atoms with Crippen LogP contribution >= 0.6 is 11.3 Å². The second kappa shape index (κ2) is 16.0. The molecule has 0 atom stereocenters. The van der Waals surface area contributed by atoms with Crippen LogP contribution in [0.5, 0.6) is 0 Å². The van der Waals surface area contributed by atoms with Crippen molar-refractivity contribution in [3.8, 4) is 45.5 Å². The number of hydrogen-bond donors (Lipinski definition) is 1. The number of nitrogens with zero attached hydrogens (tertiary/aromatic N) is 12. The van der Waals surface area contributed by atoms with Crippen LogP contribution in [-0.2, 0) is 7.05 Å². The van der Waals surface area contributed by atoms with Crippen LogP contribution in [0.15, 0.2) is 152 Å². The number of fused-ring (bicyclic) bond motifs is 1. The van der Waals surface area contributed by atoms with Gasteiger partial charge in [-0.05, 0) is 99.3 Å². The molecule has 0 aliphatic rings. The lowest BCUT2D eigenvalue weighted by Crippen LogP contribution is -2.25. The van der Waals surface area contributed by atoms with Gasteiger partial charge in [-0.3, -0.25) is 15.0 Å². The van der Waals surface area contributed by atoms with Gasteiger partial charge in [-0.1, -0.05) is 56.3 Å². The van der Waals surface area contributed by atoms with E-state index in [0.29, 0.717) is 23.1 Å². The molecule has 0 fully saturated rings. The third-order valence-corrected chi connectivity index (χ3v) is 9.97. The minimum Gasteiger partial charge on any atom is -0.403 e. The lowest BCUT2D eigenvalue weighted by Gasteiger charge is -2.20. The van der Waals surface area contributed by atoms with Crippen molar-refractivity contribution in [2.45, 2.75) is 13.8 Å². The molecule has 0 amide bonds. The van der Waals surface area contributed by atoms with Crippen molar-refractivity contribution in [2.24, 2.45) is 18.7 Å². The van der Waals surface area contributed by atoms with Gasteiger partial charge in [-0.25, -0.2) is 9.36 Å². The number of benzene rings is 2. The maximum absolute atomic E-state index is 5.92. The minimum atomic E-state index is 0.293. The van der Waals surface area contributed by atoms with Crippen LogP contribution in [0, 0.1) is 5.92 Å². The van der Waals surface area contributed by atoms with Crippen molar-refractivity contribution in [2.75, 3.05) is 0 Å². The highest BCUT2D eigenvalue weighted by atomic mass is 32.1. The number of hydrogen-bond acceptors (Lipinski definition) is 10. The molecule has 0 saturated heterocycles. The molecule has 9 aromatic rings. The molecule has 0 saturated carbocycles. The Morgan fingerprint density at radius 3 is 2.32 bits per heavy atom. The molecular weight excluding hydrogens is 719 g/mol. The molecule has 2 N–H and O–H groups in total. The fourth-order valence-electron chi connectivity index (χ4n) is 6.19. The first-order valence-corrected chi connectivity index (χ1v) is 18.8. The van der Waals surface area contributed by atoms with E-state index in [2.05, 4.69) is 102 Å². The topological polar surface area (TPSA) is 149 Å². The SMILES string of the molecule is CC(C)/C(=C\C(=C/N)n1nnc(-c2ccccn2)n1)c1cccc2ccsc12.Cn1c(-c2ccccn2)nn1-c1cncc(-c2cccc(-n3cccn3)c2)c1. The van der Waals surface area contributed by atoms with Gasteiger partial charge in [0.2, 0.25) is 5.82 Å². The highest BCUT2D eigenvalue weighted by molar-refractivity contribution is 7.17. The first-order valence-electron chi connectivity index (χ1n) is 17.9. The zero-order valence-electron chi connectivity index (χ0n) is 30.9. The summed E-state index contributed by atoms with van der Waals surface area (Å²) >= 11 is 1.74. The predicted octanol–water partition coefficient (Wildman–Crippen LogP) is 7.97. The molecule has 0 bridgehead atoms. The van der Waals surface area contributed by atoms with Gasteiger partial charge in [-0.2, -0.15) is 9.90 Å². The van der Waals surface area contributed by atoms with Gasteiger partial charge in [0.25, 0.3) is 0 Å². The van der Waals surface area contributed by atoms with Crippen LogP contribution in [0.2, 0.25) is 0 Å². The van der Waals surface area contributed by atoms with Crippen LogP contribution in [0.4, 0.5) is 0 Å². The van der Waals surface area contributed by atoms with E-state index < -0.39 is 0 Å². The van der Waals surface area contributed by atoms with Crippen molar-refractivity contribution >= 4 is 32.7 Å². The van der Waals surface area contributed by atoms with E-state index in [9.17, 15) is 0 Å². The summed E-state index contributed by atoms with van der Waals surface area (Å²) in [5.74, 6) is 1.58. The molecule has 13 nitrogen and oxygen atoms in total. The van der Waals surface area contributed by atoms with Crippen molar-refractivity contribution in [3.63, 3.8) is 0 Å². The Labute approximate surface area is 326 Å². The summed E-state index contributed by atoms with van der Waals surface area (Å²) < 4.78 is 5.07. The fourth-order valence-corrected chi connectivity index (χ4v) is 7.13. The van der Waals surface area contributed by atoms with Crippen LogP contribution < -0.4 is 5.73 Å². The summed E-state index contributed by atoms with van der Waals surface area (Å²) in [6, 6.07) is 32.1. The van der Waals surface area contributed by atoms with Gasteiger partial charge in [0.05, 0.1) is 11.9 Å². The third kappa shape index (κ3) is 7.41. The summed E-state index contributed by atoms with van der Waals surface area (Å²) in [6.07, 6.45) is 14.4. The highest BCUT2D eigenvalue weighted by Crippen LogP contribution is 2.34. The Balaban J connectivity index is 0.000000157. The Hall–Kier alpha value is -7.32. The number of thiophene rings is 1. The largest absolute Gasteiger partial charge is 0.403 e. The molecule has 0 spiro atoms. The summed E-state index contributed by atoms with van der Waals surface area (Å²) in [4.78, 5) is 16.3. The molecule has 14 heteroatoms. The number of rotatable bonds is 9. The van der Waals surface area contributed by atoms with Crippen LogP contribution in [0.1, 0.15) is 19.4 Å². The van der Waals surface area contributed by atoms with E-state index in [0.717, 1.165) is 34.0 Å². The number of aromatic nitrogens is 12. The predicted molar refractivity (Wildman–Crippen MR) is 220 cm³/mol. The molecule has 0 unspecified atom stereocenters. The molecule has 0 radical (unpaired) electrons. The van der Waals surface area contributed by atoms with Crippen LogP contribution in [0.25, 0.3) is 66.9 Å². The fraction of sp³-hybridized carbons (Fsp3) is 0.0952. The maximum Gasteiger partial charge on any atom is 0.223 e. The molecule has 7 heterocycles. The quantitative estimate of drug-likeness (QED) is 0.145. The van der Waals surface area contributed by atoms with Gasteiger partial charge in [0.15, 0.2) is 5.82 Å². The minimum absolute atomic E-state index is 0.293. The summed E-state index contributed by atoms with van der Waals surface area (Å²) in [7, 11) is 1.96.